The van der Waals surface area contributed by atoms with Crippen molar-refractivity contribution in [3.63, 3.8) is 0 Å². The van der Waals surface area contributed by atoms with Crippen LogP contribution in [0, 0.1) is 25.4 Å². The summed E-state index contributed by atoms with van der Waals surface area (Å²) in [5.74, 6) is 0. The molecule has 0 aliphatic heterocycles. The summed E-state index contributed by atoms with van der Waals surface area (Å²) in [7, 11) is 0. The summed E-state index contributed by atoms with van der Waals surface area (Å²) < 4.78 is 0. The lowest BCUT2D eigenvalue weighted by Crippen LogP contribution is -2.46. The Hall–Kier alpha value is -2.33. The standard InChI is InChI=1S/C3H8N6O5/c1-6(10)4-2-7(9(13)14)3-5-8(11)12/h4-5H,1-3H2. The Balaban J connectivity index is 3.96. The van der Waals surface area contributed by atoms with Gasteiger partial charge in [-0.3, -0.25) is 0 Å². The lowest BCUT2D eigenvalue weighted by atomic mass is 10.9. The van der Waals surface area contributed by atoms with Crippen molar-refractivity contribution in [3.05, 3.63) is 25.4 Å². The van der Waals surface area contributed by atoms with Gasteiger partial charge in [0.15, 0.2) is 16.8 Å². The molecular formula is C3H8N6O5. The number of nitrogens with zero attached hydrogens (tertiary/aromatic N) is 4. The van der Waals surface area contributed by atoms with Gasteiger partial charge < -0.3 is 5.21 Å². The van der Waals surface area contributed by atoms with Crippen LogP contribution in [0.3, 0.4) is 0 Å². The predicted octanol–water partition coefficient (Wildman–Crippen LogP) is -2.11. The maximum atomic E-state index is 10.2. The molecule has 11 heteroatoms. The van der Waals surface area contributed by atoms with E-state index in [1.807, 2.05) is 5.43 Å². The third-order valence-electron chi connectivity index (χ3n) is 1.04. The molecule has 80 valence electrons. The number of hydrazone groups is 1. The summed E-state index contributed by atoms with van der Waals surface area (Å²) in [4.78, 5) is 20.0. The molecule has 0 bridgehead atoms. The van der Waals surface area contributed by atoms with E-state index >= 15 is 0 Å². The maximum absolute atomic E-state index is 10.2. The van der Waals surface area contributed by atoms with Gasteiger partial charge in [-0.25, -0.2) is 20.2 Å². The normalized spacial score (nSPS) is 8.86. The van der Waals surface area contributed by atoms with Crippen LogP contribution in [-0.4, -0.2) is 40.0 Å². The molecule has 0 rings (SSSR count). The van der Waals surface area contributed by atoms with Gasteiger partial charge in [0.25, 0.3) is 0 Å². The molecule has 0 saturated heterocycles. The van der Waals surface area contributed by atoms with Crippen molar-refractivity contribution >= 4 is 6.72 Å². The number of nitrogens with one attached hydrogen (secondary N) is 2. The van der Waals surface area contributed by atoms with Crippen LogP contribution < -0.4 is 10.9 Å². The summed E-state index contributed by atoms with van der Waals surface area (Å²) in [6, 6.07) is 0. The Morgan fingerprint density at radius 1 is 1.14 bits per heavy atom. The number of hydrogen-bond donors (Lipinski definition) is 2. The van der Waals surface area contributed by atoms with Crippen LogP contribution in [0.5, 0.6) is 0 Å². The molecule has 0 aliphatic rings. The largest absolute Gasteiger partial charge is 0.597 e. The van der Waals surface area contributed by atoms with E-state index in [1.54, 1.807) is 5.43 Å². The van der Waals surface area contributed by atoms with Gasteiger partial charge in [-0.15, -0.1) is 5.43 Å². The van der Waals surface area contributed by atoms with Crippen LogP contribution in [0.4, 0.5) is 0 Å². The van der Waals surface area contributed by atoms with Crippen molar-refractivity contribution in [2.24, 2.45) is 0 Å². The van der Waals surface area contributed by atoms with Gasteiger partial charge in [-0.05, 0) is 0 Å². The number of rotatable bonds is 7. The van der Waals surface area contributed by atoms with Crippen molar-refractivity contribution in [1.82, 2.24) is 15.9 Å². The van der Waals surface area contributed by atoms with Crippen molar-refractivity contribution in [1.29, 1.82) is 0 Å². The quantitative estimate of drug-likeness (QED) is 0.121. The minimum Gasteiger partial charge on any atom is -0.597 e. The highest BCUT2D eigenvalue weighted by molar-refractivity contribution is 5.14. The van der Waals surface area contributed by atoms with Gasteiger partial charge in [0.05, 0.1) is 0 Å². The minimum absolute atomic E-state index is 0.00264. The van der Waals surface area contributed by atoms with Gasteiger partial charge in [0.2, 0.25) is 13.3 Å². The Labute approximate surface area is 77.4 Å². The Bertz CT molecular complexity index is 224. The van der Waals surface area contributed by atoms with E-state index in [2.05, 4.69) is 6.72 Å². The molecule has 14 heavy (non-hydrogen) atoms. The van der Waals surface area contributed by atoms with E-state index in [4.69, 9.17) is 0 Å². The molecule has 0 spiro atoms. The molecular weight excluding hydrogens is 200 g/mol. The fourth-order valence-electron chi connectivity index (χ4n) is 0.471. The maximum Gasteiger partial charge on any atom is 0.207 e. The average Bonchev–Trinajstić information content (AvgIpc) is 2.02. The third-order valence-corrected chi connectivity index (χ3v) is 1.04. The van der Waals surface area contributed by atoms with Crippen LogP contribution in [0.1, 0.15) is 0 Å². The van der Waals surface area contributed by atoms with E-state index < -0.39 is 23.4 Å². The van der Waals surface area contributed by atoms with Crippen molar-refractivity contribution in [3.8, 4) is 0 Å². The van der Waals surface area contributed by atoms with E-state index in [0.29, 0.717) is 5.01 Å². The van der Waals surface area contributed by atoms with Crippen molar-refractivity contribution < 1.29 is 14.9 Å². The zero-order chi connectivity index (χ0) is 11.1. The minimum atomic E-state index is -0.935. The Kier molecular flexibility index (Phi) is 4.45. The molecule has 0 heterocycles. The molecule has 0 aromatic carbocycles. The summed E-state index contributed by atoms with van der Waals surface area (Å²) >= 11 is 0. The Morgan fingerprint density at radius 2 is 1.64 bits per heavy atom. The van der Waals surface area contributed by atoms with Crippen molar-refractivity contribution in [2.75, 3.05) is 13.3 Å². The molecule has 0 saturated carbocycles. The first-order chi connectivity index (χ1) is 6.43. The molecule has 0 unspecified atom stereocenters. The highest BCUT2D eigenvalue weighted by Gasteiger charge is 2.16. The lowest BCUT2D eigenvalue weighted by Gasteiger charge is -2.11. The fourth-order valence-corrected chi connectivity index (χ4v) is 0.471. The van der Waals surface area contributed by atoms with Crippen LogP contribution in [0.2, 0.25) is 0 Å². The smallest absolute Gasteiger partial charge is 0.207 e. The van der Waals surface area contributed by atoms with Crippen LogP contribution in [0.25, 0.3) is 0 Å². The first-order valence-electron chi connectivity index (χ1n) is 3.22. The molecule has 0 fully saturated rings. The number of hydrogen-bond acceptors (Lipinski definition) is 6. The summed E-state index contributed by atoms with van der Waals surface area (Å²) in [6.45, 7) is 1.69. The number of hydrazine groups is 3. The zero-order valence-corrected chi connectivity index (χ0v) is 6.95. The zero-order valence-electron chi connectivity index (χ0n) is 6.95. The van der Waals surface area contributed by atoms with Crippen LogP contribution in [0.15, 0.2) is 0 Å². The molecule has 0 aromatic heterocycles. The first-order valence-corrected chi connectivity index (χ1v) is 3.22. The van der Waals surface area contributed by atoms with E-state index in [-0.39, 0.29) is 4.85 Å². The molecule has 0 atom stereocenters. The summed E-state index contributed by atoms with van der Waals surface area (Å²) in [5.41, 5.74) is 3.52. The monoisotopic (exact) mass is 208 g/mol. The lowest BCUT2D eigenvalue weighted by molar-refractivity contribution is -0.682. The van der Waals surface area contributed by atoms with E-state index in [9.17, 15) is 25.4 Å². The van der Waals surface area contributed by atoms with Crippen LogP contribution in [-0.2, 0) is 0 Å². The SMILES string of the molecule is C=[N+]([O-])NCN(CN[N+](=O)[O-])[N+](=O)[O-]. The molecule has 0 aliphatic carbocycles. The molecule has 0 radical (unpaired) electrons. The molecule has 0 aromatic rings. The fraction of sp³-hybridized carbons (Fsp3) is 0.667. The first kappa shape index (κ1) is 11.7. The van der Waals surface area contributed by atoms with Crippen LogP contribution >= 0.6 is 0 Å². The van der Waals surface area contributed by atoms with Crippen molar-refractivity contribution in [2.45, 2.75) is 0 Å². The van der Waals surface area contributed by atoms with E-state index in [1.165, 1.54) is 0 Å². The third kappa shape index (κ3) is 5.34. The second-order valence-corrected chi connectivity index (χ2v) is 2.01. The molecule has 11 nitrogen and oxygen atoms in total. The Morgan fingerprint density at radius 3 is 2.00 bits per heavy atom. The van der Waals surface area contributed by atoms with Gasteiger partial charge in [-0.2, -0.15) is 5.43 Å². The summed E-state index contributed by atoms with van der Waals surface area (Å²) in [6.07, 6.45) is 0. The average molecular weight is 208 g/mol. The topological polar surface area (TPSA) is 140 Å². The van der Waals surface area contributed by atoms with Gasteiger partial charge in [0, 0.05) is 0 Å². The molecule has 2 N–H and O–H groups in total. The van der Waals surface area contributed by atoms with Gasteiger partial charge >= 0.3 is 0 Å². The summed E-state index contributed by atoms with van der Waals surface area (Å²) in [5, 5.41) is 28.8. The predicted molar refractivity (Wildman–Crippen MR) is 42.6 cm³/mol. The number of nitro groups is 2. The van der Waals surface area contributed by atoms with E-state index in [0.717, 1.165) is 0 Å². The second kappa shape index (κ2) is 5.34. The molecule has 0 amide bonds. The van der Waals surface area contributed by atoms with Gasteiger partial charge in [0.1, 0.15) is 0 Å². The second-order valence-electron chi connectivity index (χ2n) is 2.01. The highest BCUT2D eigenvalue weighted by Crippen LogP contribution is 1.82. The highest BCUT2D eigenvalue weighted by atomic mass is 16.7. The van der Waals surface area contributed by atoms with Gasteiger partial charge in [-0.1, -0.05) is 9.86 Å².